The summed E-state index contributed by atoms with van der Waals surface area (Å²) in [6, 6.07) is 29.5. The molecule has 1 amide bonds. The van der Waals surface area contributed by atoms with Crippen LogP contribution in [0.25, 0.3) is 0 Å². The van der Waals surface area contributed by atoms with Crippen LogP contribution in [0.4, 0.5) is 0 Å². The number of carbonyl (C=O) groups is 1. The van der Waals surface area contributed by atoms with Gasteiger partial charge in [0.05, 0.1) is 12.1 Å². The van der Waals surface area contributed by atoms with Gasteiger partial charge in [-0.05, 0) is 23.1 Å². The standard InChI is InChI=1S/C22H20N2O/c25-22(24-23-17-19-12-6-2-7-13-19)21(20-14-8-3-9-15-20)16-18-10-4-1-5-11-18/h1-15,17,21H,16H2,(H,24,25)/b23-17+. The van der Waals surface area contributed by atoms with Crippen molar-refractivity contribution < 1.29 is 4.79 Å². The second-order valence-corrected chi connectivity index (χ2v) is 5.80. The van der Waals surface area contributed by atoms with Crippen molar-refractivity contribution in [1.82, 2.24) is 5.43 Å². The summed E-state index contributed by atoms with van der Waals surface area (Å²) in [6.45, 7) is 0. The number of carbonyl (C=O) groups excluding carboxylic acids is 1. The maximum absolute atomic E-state index is 12.7. The summed E-state index contributed by atoms with van der Waals surface area (Å²) < 4.78 is 0. The van der Waals surface area contributed by atoms with Gasteiger partial charge < -0.3 is 0 Å². The topological polar surface area (TPSA) is 41.5 Å². The first-order chi connectivity index (χ1) is 12.3. The van der Waals surface area contributed by atoms with E-state index in [9.17, 15) is 4.79 Å². The lowest BCUT2D eigenvalue weighted by molar-refractivity contribution is -0.122. The monoisotopic (exact) mass is 328 g/mol. The van der Waals surface area contributed by atoms with Crippen molar-refractivity contribution in [2.24, 2.45) is 5.10 Å². The molecule has 0 heterocycles. The first-order valence-corrected chi connectivity index (χ1v) is 8.30. The Kier molecular flexibility index (Phi) is 5.73. The summed E-state index contributed by atoms with van der Waals surface area (Å²) in [5.41, 5.74) is 5.74. The Labute approximate surface area is 148 Å². The summed E-state index contributed by atoms with van der Waals surface area (Å²) in [4.78, 5) is 12.7. The zero-order chi connectivity index (χ0) is 17.3. The van der Waals surface area contributed by atoms with Gasteiger partial charge in [-0.25, -0.2) is 5.43 Å². The van der Waals surface area contributed by atoms with Crippen molar-refractivity contribution in [2.45, 2.75) is 12.3 Å². The molecular weight excluding hydrogens is 308 g/mol. The minimum Gasteiger partial charge on any atom is -0.272 e. The van der Waals surface area contributed by atoms with Crippen molar-refractivity contribution >= 4 is 12.1 Å². The van der Waals surface area contributed by atoms with Crippen LogP contribution in [0.5, 0.6) is 0 Å². The molecule has 0 bridgehead atoms. The Balaban J connectivity index is 1.74. The number of benzene rings is 3. The molecule has 1 unspecified atom stereocenters. The Morgan fingerprint density at radius 3 is 2.04 bits per heavy atom. The molecule has 3 aromatic rings. The molecule has 0 radical (unpaired) electrons. The van der Waals surface area contributed by atoms with Crippen LogP contribution in [0, 0.1) is 0 Å². The van der Waals surface area contributed by atoms with E-state index in [0.29, 0.717) is 6.42 Å². The van der Waals surface area contributed by atoms with Crippen molar-refractivity contribution in [3.05, 3.63) is 108 Å². The van der Waals surface area contributed by atoms with Gasteiger partial charge in [0.1, 0.15) is 0 Å². The maximum Gasteiger partial charge on any atom is 0.247 e. The normalized spacial score (nSPS) is 12.0. The summed E-state index contributed by atoms with van der Waals surface area (Å²) in [6.07, 6.45) is 2.29. The quantitative estimate of drug-likeness (QED) is 0.536. The summed E-state index contributed by atoms with van der Waals surface area (Å²) >= 11 is 0. The number of amides is 1. The van der Waals surface area contributed by atoms with Gasteiger partial charge in [-0.3, -0.25) is 4.79 Å². The fraction of sp³-hybridized carbons (Fsp3) is 0.0909. The van der Waals surface area contributed by atoms with Crippen LogP contribution in [-0.2, 0) is 11.2 Å². The fourth-order valence-corrected chi connectivity index (χ4v) is 2.68. The number of hydrogen-bond acceptors (Lipinski definition) is 2. The molecule has 0 fully saturated rings. The number of nitrogens with zero attached hydrogens (tertiary/aromatic N) is 1. The van der Waals surface area contributed by atoms with Gasteiger partial charge >= 0.3 is 0 Å². The third-order valence-corrected chi connectivity index (χ3v) is 3.99. The predicted octanol–water partition coefficient (Wildman–Crippen LogP) is 4.16. The summed E-state index contributed by atoms with van der Waals surface area (Å²) in [5, 5.41) is 4.11. The van der Waals surface area contributed by atoms with E-state index in [1.807, 2.05) is 91.0 Å². The average molecular weight is 328 g/mol. The van der Waals surface area contributed by atoms with E-state index >= 15 is 0 Å². The first kappa shape index (κ1) is 16.7. The highest BCUT2D eigenvalue weighted by Crippen LogP contribution is 2.21. The lowest BCUT2D eigenvalue weighted by Crippen LogP contribution is -2.27. The molecule has 0 spiro atoms. The molecular formula is C22H20N2O. The van der Waals surface area contributed by atoms with E-state index in [0.717, 1.165) is 16.7 Å². The molecule has 1 atom stereocenters. The molecule has 3 heteroatoms. The molecule has 3 nitrogen and oxygen atoms in total. The SMILES string of the molecule is O=C(N/N=C/c1ccccc1)C(Cc1ccccc1)c1ccccc1. The summed E-state index contributed by atoms with van der Waals surface area (Å²) in [7, 11) is 0. The van der Waals surface area contributed by atoms with E-state index in [2.05, 4.69) is 10.5 Å². The smallest absolute Gasteiger partial charge is 0.247 e. The molecule has 124 valence electrons. The number of rotatable bonds is 6. The van der Waals surface area contributed by atoms with Gasteiger partial charge in [-0.1, -0.05) is 91.0 Å². The van der Waals surface area contributed by atoms with Gasteiger partial charge in [0, 0.05) is 0 Å². The Hall–Kier alpha value is -3.20. The van der Waals surface area contributed by atoms with Crippen molar-refractivity contribution in [3.63, 3.8) is 0 Å². The molecule has 0 aliphatic carbocycles. The minimum atomic E-state index is -0.281. The van der Waals surface area contributed by atoms with Crippen molar-refractivity contribution in [1.29, 1.82) is 0 Å². The van der Waals surface area contributed by atoms with Crippen LogP contribution < -0.4 is 5.43 Å². The average Bonchev–Trinajstić information content (AvgIpc) is 2.68. The molecule has 25 heavy (non-hydrogen) atoms. The van der Waals surface area contributed by atoms with Gasteiger partial charge in [0.25, 0.3) is 0 Å². The second kappa shape index (κ2) is 8.60. The lowest BCUT2D eigenvalue weighted by atomic mass is 9.91. The molecule has 0 aliphatic heterocycles. The van der Waals surface area contributed by atoms with Gasteiger partial charge in [0.15, 0.2) is 0 Å². The highest BCUT2D eigenvalue weighted by Gasteiger charge is 2.20. The van der Waals surface area contributed by atoms with E-state index in [-0.39, 0.29) is 11.8 Å². The van der Waals surface area contributed by atoms with E-state index < -0.39 is 0 Å². The predicted molar refractivity (Wildman–Crippen MR) is 102 cm³/mol. The van der Waals surface area contributed by atoms with Crippen LogP contribution in [0.1, 0.15) is 22.6 Å². The molecule has 0 aromatic heterocycles. The highest BCUT2D eigenvalue weighted by molar-refractivity contribution is 5.86. The Morgan fingerprint density at radius 2 is 1.40 bits per heavy atom. The third kappa shape index (κ3) is 4.88. The van der Waals surface area contributed by atoms with Crippen molar-refractivity contribution in [3.8, 4) is 0 Å². The molecule has 0 aliphatic rings. The van der Waals surface area contributed by atoms with Crippen LogP contribution in [0.3, 0.4) is 0 Å². The van der Waals surface area contributed by atoms with Crippen LogP contribution in [0.2, 0.25) is 0 Å². The molecule has 3 rings (SSSR count). The largest absolute Gasteiger partial charge is 0.272 e. The van der Waals surface area contributed by atoms with Gasteiger partial charge in [-0.2, -0.15) is 5.10 Å². The van der Waals surface area contributed by atoms with Gasteiger partial charge in [-0.15, -0.1) is 0 Å². The Bertz CT molecular complexity index is 814. The third-order valence-electron chi connectivity index (χ3n) is 3.99. The lowest BCUT2D eigenvalue weighted by Gasteiger charge is -2.15. The fourth-order valence-electron chi connectivity index (χ4n) is 2.68. The summed E-state index contributed by atoms with van der Waals surface area (Å²) in [5.74, 6) is -0.390. The van der Waals surface area contributed by atoms with E-state index in [4.69, 9.17) is 0 Å². The van der Waals surface area contributed by atoms with Crippen LogP contribution >= 0.6 is 0 Å². The first-order valence-electron chi connectivity index (χ1n) is 8.30. The number of nitrogens with one attached hydrogen (secondary N) is 1. The molecule has 0 saturated heterocycles. The van der Waals surface area contributed by atoms with Crippen LogP contribution in [0.15, 0.2) is 96.1 Å². The van der Waals surface area contributed by atoms with E-state index in [1.165, 1.54) is 0 Å². The van der Waals surface area contributed by atoms with E-state index in [1.54, 1.807) is 6.21 Å². The number of hydrogen-bond donors (Lipinski definition) is 1. The minimum absolute atomic E-state index is 0.109. The Morgan fingerprint density at radius 1 is 0.840 bits per heavy atom. The zero-order valence-electron chi connectivity index (χ0n) is 13.9. The molecule has 0 saturated carbocycles. The maximum atomic E-state index is 12.7. The van der Waals surface area contributed by atoms with Crippen molar-refractivity contribution in [2.75, 3.05) is 0 Å². The van der Waals surface area contributed by atoms with Crippen LogP contribution in [-0.4, -0.2) is 12.1 Å². The number of hydrazone groups is 1. The molecule has 1 N–H and O–H groups in total. The second-order valence-electron chi connectivity index (χ2n) is 5.80. The molecule has 3 aromatic carbocycles. The zero-order valence-corrected chi connectivity index (χ0v) is 13.9. The van der Waals surface area contributed by atoms with Gasteiger partial charge in [0.2, 0.25) is 5.91 Å². The highest BCUT2D eigenvalue weighted by atomic mass is 16.2.